The SMILES string of the molecule is COc1cc2c(cc1OC)C(CN)CN(C)C2=O. The minimum Gasteiger partial charge on any atom is -0.493 e. The molecule has 0 saturated heterocycles. The van der Waals surface area contributed by atoms with Gasteiger partial charge < -0.3 is 20.1 Å². The first-order valence-corrected chi connectivity index (χ1v) is 5.83. The third-order valence-electron chi connectivity index (χ3n) is 3.35. The molecule has 1 heterocycles. The van der Waals surface area contributed by atoms with Crippen LogP contribution in [0.5, 0.6) is 11.5 Å². The molecule has 5 nitrogen and oxygen atoms in total. The van der Waals surface area contributed by atoms with Crippen molar-refractivity contribution in [1.29, 1.82) is 0 Å². The predicted octanol–water partition coefficient (Wildman–Crippen LogP) is 0.832. The lowest BCUT2D eigenvalue weighted by molar-refractivity contribution is 0.0766. The van der Waals surface area contributed by atoms with Crippen LogP contribution in [-0.4, -0.2) is 45.2 Å². The van der Waals surface area contributed by atoms with E-state index in [2.05, 4.69) is 0 Å². The first kappa shape index (κ1) is 12.7. The smallest absolute Gasteiger partial charge is 0.254 e. The molecular formula is C13H18N2O3. The molecule has 1 aromatic carbocycles. The van der Waals surface area contributed by atoms with Crippen LogP contribution in [0, 0.1) is 0 Å². The maximum atomic E-state index is 12.1. The molecule has 2 rings (SSSR count). The van der Waals surface area contributed by atoms with Crippen LogP contribution >= 0.6 is 0 Å². The van der Waals surface area contributed by atoms with Gasteiger partial charge in [-0.05, 0) is 17.7 Å². The molecule has 1 aliphatic rings. The van der Waals surface area contributed by atoms with Gasteiger partial charge in [0, 0.05) is 31.6 Å². The number of nitrogens with zero attached hydrogens (tertiary/aromatic N) is 1. The molecule has 1 aliphatic heterocycles. The Morgan fingerprint density at radius 2 is 1.94 bits per heavy atom. The van der Waals surface area contributed by atoms with Crippen molar-refractivity contribution in [3.8, 4) is 11.5 Å². The van der Waals surface area contributed by atoms with E-state index in [1.54, 1.807) is 32.2 Å². The number of amides is 1. The summed E-state index contributed by atoms with van der Waals surface area (Å²) in [4.78, 5) is 13.8. The number of carbonyl (C=O) groups is 1. The van der Waals surface area contributed by atoms with Crippen LogP contribution in [0.15, 0.2) is 12.1 Å². The van der Waals surface area contributed by atoms with Gasteiger partial charge in [-0.1, -0.05) is 0 Å². The number of benzene rings is 1. The molecule has 1 atom stereocenters. The molecular weight excluding hydrogens is 232 g/mol. The Balaban J connectivity index is 2.58. The highest BCUT2D eigenvalue weighted by Crippen LogP contribution is 2.36. The lowest BCUT2D eigenvalue weighted by Crippen LogP contribution is -2.39. The summed E-state index contributed by atoms with van der Waals surface area (Å²) >= 11 is 0. The van der Waals surface area contributed by atoms with Crippen molar-refractivity contribution in [2.24, 2.45) is 5.73 Å². The first-order chi connectivity index (χ1) is 8.62. The van der Waals surface area contributed by atoms with Crippen molar-refractivity contribution >= 4 is 5.91 Å². The van der Waals surface area contributed by atoms with E-state index in [9.17, 15) is 4.79 Å². The number of likely N-dealkylation sites (N-methyl/N-ethyl adjacent to an activating group) is 1. The third kappa shape index (κ3) is 1.90. The van der Waals surface area contributed by atoms with Crippen LogP contribution in [0.3, 0.4) is 0 Å². The van der Waals surface area contributed by atoms with E-state index in [4.69, 9.17) is 15.2 Å². The average molecular weight is 250 g/mol. The van der Waals surface area contributed by atoms with Gasteiger partial charge in [-0.2, -0.15) is 0 Å². The van der Waals surface area contributed by atoms with E-state index < -0.39 is 0 Å². The quantitative estimate of drug-likeness (QED) is 0.863. The van der Waals surface area contributed by atoms with Crippen molar-refractivity contribution in [2.75, 3.05) is 34.4 Å². The molecule has 0 fully saturated rings. The highest BCUT2D eigenvalue weighted by Gasteiger charge is 2.30. The number of methoxy groups -OCH3 is 2. The molecule has 1 aromatic rings. The van der Waals surface area contributed by atoms with Crippen molar-refractivity contribution < 1.29 is 14.3 Å². The highest BCUT2D eigenvalue weighted by molar-refractivity contribution is 5.97. The largest absolute Gasteiger partial charge is 0.493 e. The first-order valence-electron chi connectivity index (χ1n) is 5.83. The van der Waals surface area contributed by atoms with E-state index in [-0.39, 0.29) is 11.8 Å². The molecule has 0 bridgehead atoms. The molecule has 0 aliphatic carbocycles. The van der Waals surface area contributed by atoms with Crippen LogP contribution in [0.25, 0.3) is 0 Å². The van der Waals surface area contributed by atoms with Crippen molar-refractivity contribution in [3.63, 3.8) is 0 Å². The minimum atomic E-state index is -0.00402. The topological polar surface area (TPSA) is 64.8 Å². The summed E-state index contributed by atoms with van der Waals surface area (Å²) in [7, 11) is 4.92. The summed E-state index contributed by atoms with van der Waals surface area (Å²) in [5.41, 5.74) is 7.37. The van der Waals surface area contributed by atoms with Crippen LogP contribution < -0.4 is 15.2 Å². The monoisotopic (exact) mass is 250 g/mol. The number of rotatable bonds is 3. The van der Waals surface area contributed by atoms with Crippen LogP contribution in [0.2, 0.25) is 0 Å². The van der Waals surface area contributed by atoms with Crippen molar-refractivity contribution in [3.05, 3.63) is 23.3 Å². The zero-order chi connectivity index (χ0) is 13.3. The lowest BCUT2D eigenvalue weighted by Gasteiger charge is -2.31. The van der Waals surface area contributed by atoms with E-state index in [1.807, 2.05) is 6.07 Å². The molecule has 2 N–H and O–H groups in total. The van der Waals surface area contributed by atoms with Crippen LogP contribution in [-0.2, 0) is 0 Å². The molecule has 5 heteroatoms. The summed E-state index contributed by atoms with van der Waals surface area (Å²) < 4.78 is 10.5. The number of ether oxygens (including phenoxy) is 2. The highest BCUT2D eigenvalue weighted by atomic mass is 16.5. The van der Waals surface area contributed by atoms with Crippen molar-refractivity contribution in [2.45, 2.75) is 5.92 Å². The number of hydrogen-bond acceptors (Lipinski definition) is 4. The zero-order valence-electron chi connectivity index (χ0n) is 10.9. The van der Waals surface area contributed by atoms with Gasteiger partial charge in [-0.3, -0.25) is 4.79 Å². The minimum absolute atomic E-state index is 0.00402. The molecule has 0 aromatic heterocycles. The standard InChI is InChI=1S/C13H18N2O3/c1-15-7-8(6-14)9-4-11(17-2)12(18-3)5-10(9)13(15)16/h4-5,8H,6-7,14H2,1-3H3. The molecule has 98 valence electrons. The molecule has 1 amide bonds. The Morgan fingerprint density at radius 3 is 2.50 bits per heavy atom. The van der Waals surface area contributed by atoms with Crippen molar-refractivity contribution in [1.82, 2.24) is 4.90 Å². The summed E-state index contributed by atoms with van der Waals surface area (Å²) in [6.45, 7) is 1.14. The maximum absolute atomic E-state index is 12.1. The molecule has 1 unspecified atom stereocenters. The van der Waals surface area contributed by atoms with Gasteiger partial charge in [0.25, 0.3) is 5.91 Å². The third-order valence-corrected chi connectivity index (χ3v) is 3.35. The molecule has 0 spiro atoms. The average Bonchev–Trinajstić information content (AvgIpc) is 2.41. The second-order valence-electron chi connectivity index (χ2n) is 4.41. The van der Waals surface area contributed by atoms with Gasteiger partial charge >= 0.3 is 0 Å². The Labute approximate surface area is 106 Å². The fraction of sp³-hybridized carbons (Fsp3) is 0.462. The van der Waals surface area contributed by atoms with E-state index >= 15 is 0 Å². The fourth-order valence-electron chi connectivity index (χ4n) is 2.34. The van der Waals surface area contributed by atoms with Gasteiger partial charge in [0.15, 0.2) is 11.5 Å². The van der Waals surface area contributed by atoms with Gasteiger partial charge in [0.05, 0.1) is 14.2 Å². The predicted molar refractivity (Wildman–Crippen MR) is 68.3 cm³/mol. The van der Waals surface area contributed by atoms with Gasteiger partial charge in [-0.25, -0.2) is 0 Å². The normalized spacial score (nSPS) is 18.6. The Morgan fingerprint density at radius 1 is 1.33 bits per heavy atom. The second-order valence-corrected chi connectivity index (χ2v) is 4.41. The lowest BCUT2D eigenvalue weighted by atomic mass is 9.89. The van der Waals surface area contributed by atoms with E-state index in [0.29, 0.717) is 30.2 Å². The van der Waals surface area contributed by atoms with Crippen LogP contribution in [0.4, 0.5) is 0 Å². The second kappa shape index (κ2) is 4.86. The Bertz CT molecular complexity index is 474. The number of fused-ring (bicyclic) bond motifs is 1. The summed E-state index contributed by atoms with van der Waals surface area (Å²) in [5.74, 6) is 1.33. The zero-order valence-corrected chi connectivity index (χ0v) is 10.9. The maximum Gasteiger partial charge on any atom is 0.254 e. The fourth-order valence-corrected chi connectivity index (χ4v) is 2.34. The number of nitrogens with two attached hydrogens (primary N) is 1. The van der Waals surface area contributed by atoms with E-state index in [0.717, 1.165) is 5.56 Å². The Hall–Kier alpha value is -1.75. The number of hydrogen-bond donors (Lipinski definition) is 1. The summed E-state index contributed by atoms with van der Waals surface area (Å²) in [6, 6.07) is 3.59. The van der Waals surface area contributed by atoms with Gasteiger partial charge in [0.1, 0.15) is 0 Å². The van der Waals surface area contributed by atoms with E-state index in [1.165, 1.54) is 0 Å². The Kier molecular flexibility index (Phi) is 3.43. The number of carbonyl (C=O) groups excluding carboxylic acids is 1. The summed E-state index contributed by atoms with van der Waals surface area (Å²) in [6.07, 6.45) is 0. The van der Waals surface area contributed by atoms with Gasteiger partial charge in [-0.15, -0.1) is 0 Å². The summed E-state index contributed by atoms with van der Waals surface area (Å²) in [5, 5.41) is 0. The molecule has 0 radical (unpaired) electrons. The van der Waals surface area contributed by atoms with Crippen LogP contribution in [0.1, 0.15) is 21.8 Å². The van der Waals surface area contributed by atoms with Gasteiger partial charge in [0.2, 0.25) is 0 Å². The molecule has 0 saturated carbocycles. The molecule has 18 heavy (non-hydrogen) atoms.